The van der Waals surface area contributed by atoms with Crippen molar-refractivity contribution in [3.63, 3.8) is 0 Å². The van der Waals surface area contributed by atoms with Gasteiger partial charge in [0.15, 0.2) is 6.29 Å². The molecular formula is C31H34N2O8S. The maximum atomic E-state index is 12.0. The van der Waals surface area contributed by atoms with E-state index in [1.165, 1.54) is 17.8 Å². The highest BCUT2D eigenvalue weighted by Gasteiger charge is 2.38. The van der Waals surface area contributed by atoms with Gasteiger partial charge in [-0.25, -0.2) is 9.78 Å². The number of pyridine rings is 1. The van der Waals surface area contributed by atoms with Gasteiger partial charge in [0.25, 0.3) is 0 Å². The van der Waals surface area contributed by atoms with E-state index in [-0.39, 0.29) is 55.5 Å². The summed E-state index contributed by atoms with van der Waals surface area (Å²) in [6.45, 7) is 2.28. The Morgan fingerprint density at radius 3 is 2.29 bits per heavy atom. The molecular weight excluding hydrogens is 560 g/mol. The Bertz CT molecular complexity index is 1370. The Kier molecular flexibility index (Phi) is 11.1. The van der Waals surface area contributed by atoms with Crippen LogP contribution in [0.25, 0.3) is 0 Å². The van der Waals surface area contributed by atoms with Crippen LogP contribution < -0.4 is 5.32 Å². The molecule has 1 aliphatic heterocycles. The van der Waals surface area contributed by atoms with Gasteiger partial charge in [0.1, 0.15) is 5.03 Å². The normalized spacial score (nSPS) is 20.1. The van der Waals surface area contributed by atoms with E-state index in [1.807, 2.05) is 55.5 Å². The Hall–Kier alpha value is -3.77. The van der Waals surface area contributed by atoms with Gasteiger partial charge in [-0.1, -0.05) is 55.5 Å². The maximum Gasteiger partial charge on any atom is 0.338 e. The summed E-state index contributed by atoms with van der Waals surface area (Å²) in [7, 11) is 0. The maximum absolute atomic E-state index is 12.0. The highest BCUT2D eigenvalue weighted by molar-refractivity contribution is 7.99. The van der Waals surface area contributed by atoms with Crippen molar-refractivity contribution in [3.8, 4) is 0 Å². The molecule has 4 atom stereocenters. The molecule has 1 aliphatic rings. The van der Waals surface area contributed by atoms with Crippen molar-refractivity contribution >= 4 is 29.6 Å². The van der Waals surface area contributed by atoms with E-state index in [0.29, 0.717) is 17.3 Å². The quantitative estimate of drug-likeness (QED) is 0.204. The second-order valence-electron chi connectivity index (χ2n) is 10.1. The van der Waals surface area contributed by atoms with Crippen molar-refractivity contribution in [2.24, 2.45) is 5.92 Å². The summed E-state index contributed by atoms with van der Waals surface area (Å²) in [5, 5.41) is 31.0. The first kappa shape index (κ1) is 31.2. The number of hydrogen-bond acceptors (Lipinski definition) is 8. The average molecular weight is 595 g/mol. The molecule has 0 bridgehead atoms. The first-order valence-corrected chi connectivity index (χ1v) is 14.6. The van der Waals surface area contributed by atoms with E-state index in [9.17, 15) is 24.6 Å². The van der Waals surface area contributed by atoms with E-state index >= 15 is 0 Å². The third-order valence-electron chi connectivity index (χ3n) is 7.05. The molecule has 0 unspecified atom stereocenters. The number of aromatic carboxylic acids is 1. The van der Waals surface area contributed by atoms with Gasteiger partial charge in [0.05, 0.1) is 24.4 Å². The minimum Gasteiger partial charge on any atom is -0.481 e. The lowest BCUT2D eigenvalue weighted by Gasteiger charge is -2.41. The third kappa shape index (κ3) is 8.39. The highest BCUT2D eigenvalue weighted by Crippen LogP contribution is 2.43. The van der Waals surface area contributed by atoms with Crippen LogP contribution in [0.4, 0.5) is 0 Å². The van der Waals surface area contributed by atoms with Crippen LogP contribution in [0, 0.1) is 5.92 Å². The van der Waals surface area contributed by atoms with E-state index < -0.39 is 18.2 Å². The number of hydrogen-bond donors (Lipinski definition) is 4. The number of carbonyl (C=O) groups excluding carboxylic acids is 1. The lowest BCUT2D eigenvalue weighted by molar-refractivity contribution is -0.268. The van der Waals surface area contributed by atoms with Crippen LogP contribution in [0.5, 0.6) is 0 Å². The highest BCUT2D eigenvalue weighted by atomic mass is 32.2. The number of benzene rings is 2. The SMILES string of the molecule is C[C@@H]1[C@H](CSc2ncccc2C(=O)O)O[C@H](c2ccc(CNC(=O)CCCC(=O)O)cc2)O[C@@H]1c1ccc(CO)cc1. The predicted molar refractivity (Wildman–Crippen MR) is 155 cm³/mol. The van der Waals surface area contributed by atoms with Crippen LogP contribution in [0.3, 0.4) is 0 Å². The zero-order chi connectivity index (χ0) is 30.1. The molecule has 10 nitrogen and oxygen atoms in total. The topological polar surface area (TPSA) is 155 Å². The minimum absolute atomic E-state index is 0.0449. The number of rotatable bonds is 13. The van der Waals surface area contributed by atoms with Crippen molar-refractivity contribution in [2.75, 3.05) is 5.75 Å². The number of nitrogens with one attached hydrogen (secondary N) is 1. The van der Waals surface area contributed by atoms with Crippen molar-refractivity contribution in [1.82, 2.24) is 10.3 Å². The van der Waals surface area contributed by atoms with Gasteiger partial charge in [-0.3, -0.25) is 9.59 Å². The summed E-state index contributed by atoms with van der Waals surface area (Å²) in [4.78, 5) is 38.6. The number of aliphatic hydroxyl groups excluding tert-OH is 1. The molecule has 222 valence electrons. The van der Waals surface area contributed by atoms with Crippen molar-refractivity contribution in [3.05, 3.63) is 94.7 Å². The van der Waals surface area contributed by atoms with Crippen LogP contribution >= 0.6 is 11.8 Å². The minimum atomic E-state index is -1.04. The van der Waals surface area contributed by atoms with Gasteiger partial charge < -0.3 is 30.1 Å². The number of aromatic nitrogens is 1. The van der Waals surface area contributed by atoms with Crippen molar-refractivity contribution in [1.29, 1.82) is 0 Å². The number of aliphatic carboxylic acids is 1. The molecule has 4 rings (SSSR count). The fourth-order valence-corrected chi connectivity index (χ4v) is 5.77. The summed E-state index contributed by atoms with van der Waals surface area (Å²) in [6, 6.07) is 18.2. The summed E-state index contributed by atoms with van der Waals surface area (Å²) < 4.78 is 12.9. The molecule has 3 aromatic rings. The summed E-state index contributed by atoms with van der Waals surface area (Å²) in [6.07, 6.45) is 0.638. The number of amides is 1. The Labute approximate surface area is 248 Å². The molecule has 0 radical (unpaired) electrons. The summed E-state index contributed by atoms with van der Waals surface area (Å²) in [5.74, 6) is -1.80. The molecule has 1 fully saturated rings. The first-order chi connectivity index (χ1) is 20.2. The average Bonchev–Trinajstić information content (AvgIpc) is 3.00. The first-order valence-electron chi connectivity index (χ1n) is 13.6. The Balaban J connectivity index is 1.48. The molecule has 1 saturated heterocycles. The van der Waals surface area contributed by atoms with Crippen LogP contribution in [0.1, 0.15) is 71.2 Å². The molecule has 1 aromatic heterocycles. The van der Waals surface area contributed by atoms with Crippen LogP contribution in [-0.4, -0.2) is 50.0 Å². The lowest BCUT2D eigenvalue weighted by atomic mass is 9.91. The molecule has 0 spiro atoms. The van der Waals surface area contributed by atoms with Crippen LogP contribution in [0.15, 0.2) is 71.9 Å². The van der Waals surface area contributed by atoms with Crippen molar-refractivity contribution in [2.45, 2.75) is 62.9 Å². The van der Waals surface area contributed by atoms with E-state index in [1.54, 1.807) is 12.3 Å². The largest absolute Gasteiger partial charge is 0.481 e. The number of carbonyl (C=O) groups is 3. The predicted octanol–water partition coefficient (Wildman–Crippen LogP) is 4.73. The smallest absolute Gasteiger partial charge is 0.338 e. The molecule has 42 heavy (non-hydrogen) atoms. The Morgan fingerprint density at radius 2 is 1.62 bits per heavy atom. The van der Waals surface area contributed by atoms with Crippen molar-refractivity contribution < 1.29 is 39.2 Å². The second kappa shape index (κ2) is 14.9. The molecule has 11 heteroatoms. The number of ether oxygens (including phenoxy) is 2. The fourth-order valence-electron chi connectivity index (χ4n) is 4.62. The van der Waals surface area contributed by atoms with Gasteiger partial charge in [0, 0.05) is 42.8 Å². The zero-order valence-electron chi connectivity index (χ0n) is 23.1. The van der Waals surface area contributed by atoms with Gasteiger partial charge in [-0.05, 0) is 35.2 Å². The summed E-state index contributed by atoms with van der Waals surface area (Å²) in [5.41, 5.74) is 3.53. The molecule has 2 aromatic carbocycles. The zero-order valence-corrected chi connectivity index (χ0v) is 24.0. The number of nitrogens with zero attached hydrogens (tertiary/aromatic N) is 1. The number of carboxylic acids is 2. The molecule has 0 saturated carbocycles. The molecule has 2 heterocycles. The second-order valence-corrected chi connectivity index (χ2v) is 11.1. The molecule has 0 aliphatic carbocycles. The monoisotopic (exact) mass is 594 g/mol. The van der Waals surface area contributed by atoms with Gasteiger partial charge >= 0.3 is 11.9 Å². The standard InChI is InChI=1S/C31H34N2O8S/c1-19-25(18-42-29-24(30(38)39)4-3-15-32-29)40-31(41-28(19)22-11-9-21(17-34)10-12-22)23-13-7-20(8-14-23)16-33-26(35)5-2-6-27(36)37/h3-4,7-15,19,25,28,31,34H,2,5-6,16-18H2,1H3,(H,33,35)(H,36,37)(H,38,39)/t19-,25+,28+,31+/m1/s1. The van der Waals surface area contributed by atoms with E-state index in [0.717, 1.165) is 22.3 Å². The fraction of sp³-hybridized carbons (Fsp3) is 0.355. The summed E-state index contributed by atoms with van der Waals surface area (Å²) >= 11 is 1.33. The number of thioether (sulfide) groups is 1. The third-order valence-corrected chi connectivity index (χ3v) is 8.14. The van der Waals surface area contributed by atoms with Crippen LogP contribution in [0.2, 0.25) is 0 Å². The van der Waals surface area contributed by atoms with Gasteiger partial charge in [-0.15, -0.1) is 11.8 Å². The van der Waals surface area contributed by atoms with Crippen LogP contribution in [-0.2, 0) is 32.2 Å². The molecule has 4 N–H and O–H groups in total. The Morgan fingerprint density at radius 1 is 0.929 bits per heavy atom. The van der Waals surface area contributed by atoms with E-state index in [2.05, 4.69) is 10.3 Å². The van der Waals surface area contributed by atoms with Gasteiger partial charge in [0.2, 0.25) is 5.91 Å². The number of aliphatic hydroxyl groups is 1. The lowest BCUT2D eigenvalue weighted by Crippen LogP contribution is -2.38. The molecule has 1 amide bonds. The van der Waals surface area contributed by atoms with E-state index in [4.69, 9.17) is 14.6 Å². The number of carboxylic acid groups (broad SMARTS) is 2. The van der Waals surface area contributed by atoms with Gasteiger partial charge in [-0.2, -0.15) is 0 Å².